The van der Waals surface area contributed by atoms with Crippen LogP contribution in [0.5, 0.6) is 0 Å². The molecule has 0 aliphatic carbocycles. The minimum atomic E-state index is -2.97. The number of hydrogen-bond acceptors (Lipinski definition) is 5. The van der Waals surface area contributed by atoms with Crippen LogP contribution in [0.25, 0.3) is 0 Å². The van der Waals surface area contributed by atoms with Gasteiger partial charge in [-0.1, -0.05) is 6.92 Å². The van der Waals surface area contributed by atoms with Crippen molar-refractivity contribution in [2.75, 3.05) is 24.6 Å². The zero-order valence-electron chi connectivity index (χ0n) is 10.4. The summed E-state index contributed by atoms with van der Waals surface area (Å²) in [5, 5.41) is 2.74. The second kappa shape index (κ2) is 6.20. The molecule has 1 N–H and O–H groups in total. The van der Waals surface area contributed by atoms with Crippen LogP contribution in [0.3, 0.4) is 0 Å². The Kier molecular flexibility index (Phi) is 5.96. The van der Waals surface area contributed by atoms with Gasteiger partial charge in [-0.25, -0.2) is 8.42 Å². The molecule has 0 amide bonds. The molecule has 0 aliphatic heterocycles. The zero-order valence-corrected chi connectivity index (χ0v) is 11.2. The zero-order chi connectivity index (χ0) is 12.8. The second-order valence-electron chi connectivity index (χ2n) is 4.50. The highest BCUT2D eigenvalue weighted by Gasteiger charge is 2.15. The number of carbonyl (C=O) groups is 1. The third kappa shape index (κ3) is 8.67. The van der Waals surface area contributed by atoms with Crippen LogP contribution in [-0.4, -0.2) is 44.6 Å². The first-order valence-corrected chi connectivity index (χ1v) is 7.11. The standard InChI is InChI=1S/C10H21NO4S/c1-5-16(13,14)7-6-11-8-9(12)15-10(2,3)4/h11H,5-8H2,1-4H3. The van der Waals surface area contributed by atoms with Gasteiger partial charge >= 0.3 is 5.97 Å². The monoisotopic (exact) mass is 251 g/mol. The Morgan fingerprint density at radius 3 is 2.31 bits per heavy atom. The molecule has 0 saturated carbocycles. The van der Waals surface area contributed by atoms with Gasteiger partial charge in [0.15, 0.2) is 9.84 Å². The van der Waals surface area contributed by atoms with Gasteiger partial charge in [0.2, 0.25) is 0 Å². The third-order valence-electron chi connectivity index (χ3n) is 1.72. The van der Waals surface area contributed by atoms with Crippen LogP contribution in [0.1, 0.15) is 27.7 Å². The Bertz CT molecular complexity index is 316. The smallest absolute Gasteiger partial charge is 0.320 e. The number of ether oxygens (including phenoxy) is 1. The van der Waals surface area contributed by atoms with Gasteiger partial charge in [-0.05, 0) is 20.8 Å². The van der Waals surface area contributed by atoms with Gasteiger partial charge in [-0.2, -0.15) is 0 Å². The van der Waals surface area contributed by atoms with Crippen molar-refractivity contribution < 1.29 is 17.9 Å². The lowest BCUT2D eigenvalue weighted by Crippen LogP contribution is -2.33. The van der Waals surface area contributed by atoms with Crippen LogP contribution in [0.4, 0.5) is 0 Å². The molecule has 5 nitrogen and oxygen atoms in total. The summed E-state index contributed by atoms with van der Waals surface area (Å²) < 4.78 is 27.3. The minimum absolute atomic E-state index is 0.0382. The summed E-state index contributed by atoms with van der Waals surface area (Å²) in [6.07, 6.45) is 0. The van der Waals surface area contributed by atoms with Crippen molar-refractivity contribution in [3.63, 3.8) is 0 Å². The van der Waals surface area contributed by atoms with Gasteiger partial charge < -0.3 is 10.1 Å². The van der Waals surface area contributed by atoms with Crippen molar-refractivity contribution >= 4 is 15.8 Å². The van der Waals surface area contributed by atoms with E-state index in [4.69, 9.17) is 4.74 Å². The van der Waals surface area contributed by atoms with E-state index in [1.807, 2.05) is 0 Å². The topological polar surface area (TPSA) is 72.5 Å². The second-order valence-corrected chi connectivity index (χ2v) is 6.97. The van der Waals surface area contributed by atoms with Gasteiger partial charge in [0, 0.05) is 12.3 Å². The van der Waals surface area contributed by atoms with Gasteiger partial charge in [-0.15, -0.1) is 0 Å². The lowest BCUT2D eigenvalue weighted by atomic mass is 10.2. The Balaban J connectivity index is 3.72. The van der Waals surface area contributed by atoms with Crippen molar-refractivity contribution in [3.05, 3.63) is 0 Å². The van der Waals surface area contributed by atoms with Crippen LogP contribution in [0.15, 0.2) is 0 Å². The van der Waals surface area contributed by atoms with E-state index in [0.29, 0.717) is 0 Å². The molecule has 0 aromatic heterocycles. The molecule has 16 heavy (non-hydrogen) atoms. The fourth-order valence-corrected chi connectivity index (χ4v) is 1.68. The molecular formula is C10H21NO4S. The van der Waals surface area contributed by atoms with Crippen molar-refractivity contribution in [2.24, 2.45) is 0 Å². The number of hydrogen-bond donors (Lipinski definition) is 1. The quantitative estimate of drug-likeness (QED) is 0.545. The third-order valence-corrected chi connectivity index (χ3v) is 3.42. The Hall–Kier alpha value is -0.620. The molecule has 0 fully saturated rings. The highest BCUT2D eigenvalue weighted by atomic mass is 32.2. The van der Waals surface area contributed by atoms with Crippen molar-refractivity contribution in [1.82, 2.24) is 5.32 Å². The van der Waals surface area contributed by atoms with Crippen molar-refractivity contribution in [3.8, 4) is 0 Å². The van der Waals surface area contributed by atoms with Gasteiger partial charge in [0.25, 0.3) is 0 Å². The van der Waals surface area contributed by atoms with Gasteiger partial charge in [-0.3, -0.25) is 4.79 Å². The van der Waals surface area contributed by atoms with Crippen molar-refractivity contribution in [1.29, 1.82) is 0 Å². The van der Waals surface area contributed by atoms with Crippen LogP contribution in [0, 0.1) is 0 Å². The SMILES string of the molecule is CCS(=O)(=O)CCNCC(=O)OC(C)(C)C. The lowest BCUT2D eigenvalue weighted by Gasteiger charge is -2.19. The molecule has 96 valence electrons. The lowest BCUT2D eigenvalue weighted by molar-refractivity contribution is -0.153. The summed E-state index contributed by atoms with van der Waals surface area (Å²) in [5.41, 5.74) is -0.506. The maximum atomic E-state index is 11.2. The number of esters is 1. The van der Waals surface area contributed by atoms with E-state index in [1.165, 1.54) is 0 Å². The molecule has 0 aliphatic rings. The van der Waals surface area contributed by atoms with E-state index in [1.54, 1.807) is 27.7 Å². The van der Waals surface area contributed by atoms with Crippen LogP contribution >= 0.6 is 0 Å². The summed E-state index contributed by atoms with van der Waals surface area (Å²) in [7, 11) is -2.97. The largest absolute Gasteiger partial charge is 0.459 e. The van der Waals surface area contributed by atoms with Gasteiger partial charge in [0.05, 0.1) is 12.3 Å². The van der Waals surface area contributed by atoms with E-state index >= 15 is 0 Å². The Morgan fingerprint density at radius 2 is 1.88 bits per heavy atom. The summed E-state index contributed by atoms with van der Waals surface area (Å²) >= 11 is 0. The molecule has 0 aromatic carbocycles. The number of nitrogens with one attached hydrogen (secondary N) is 1. The molecule has 6 heteroatoms. The number of sulfone groups is 1. The van der Waals surface area contributed by atoms with E-state index in [0.717, 1.165) is 0 Å². The molecule has 0 unspecified atom stereocenters. The van der Waals surface area contributed by atoms with Crippen molar-refractivity contribution in [2.45, 2.75) is 33.3 Å². The summed E-state index contributed by atoms with van der Waals surface area (Å²) in [6.45, 7) is 7.26. The molecule has 0 saturated heterocycles. The fourth-order valence-electron chi connectivity index (χ4n) is 0.940. The summed E-state index contributed by atoms with van der Waals surface area (Å²) in [4.78, 5) is 11.2. The molecule has 0 bridgehead atoms. The predicted molar refractivity (Wildman–Crippen MR) is 63.0 cm³/mol. The fraction of sp³-hybridized carbons (Fsp3) is 0.900. The number of carbonyl (C=O) groups excluding carboxylic acids is 1. The molecule has 0 heterocycles. The first-order chi connectivity index (χ1) is 7.16. The molecule has 0 atom stereocenters. The Labute approximate surface area is 97.5 Å². The molecular weight excluding hydrogens is 230 g/mol. The first kappa shape index (κ1) is 15.4. The van der Waals surface area contributed by atoms with Crippen LogP contribution < -0.4 is 5.32 Å². The summed E-state index contributed by atoms with van der Waals surface area (Å²) in [5.74, 6) is -0.200. The van der Waals surface area contributed by atoms with E-state index in [9.17, 15) is 13.2 Å². The summed E-state index contributed by atoms with van der Waals surface area (Å²) in [6, 6.07) is 0. The first-order valence-electron chi connectivity index (χ1n) is 5.29. The number of rotatable bonds is 6. The van der Waals surface area contributed by atoms with E-state index in [-0.39, 0.29) is 30.6 Å². The normalized spacial score (nSPS) is 12.5. The predicted octanol–water partition coefficient (Wildman–Crippen LogP) is 0.352. The van der Waals surface area contributed by atoms with Gasteiger partial charge in [0.1, 0.15) is 5.60 Å². The van der Waals surface area contributed by atoms with Crippen LogP contribution in [-0.2, 0) is 19.4 Å². The highest BCUT2D eigenvalue weighted by molar-refractivity contribution is 7.91. The average Bonchev–Trinajstić information content (AvgIpc) is 2.10. The maximum Gasteiger partial charge on any atom is 0.320 e. The molecule has 0 rings (SSSR count). The molecule has 0 radical (unpaired) electrons. The highest BCUT2D eigenvalue weighted by Crippen LogP contribution is 2.05. The average molecular weight is 251 g/mol. The van der Waals surface area contributed by atoms with Crippen LogP contribution in [0.2, 0.25) is 0 Å². The molecule has 0 spiro atoms. The molecule has 0 aromatic rings. The van der Waals surface area contributed by atoms with E-state index < -0.39 is 15.4 Å². The minimum Gasteiger partial charge on any atom is -0.459 e. The Morgan fingerprint density at radius 1 is 1.31 bits per heavy atom. The van der Waals surface area contributed by atoms with E-state index in [2.05, 4.69) is 5.32 Å². The maximum absolute atomic E-state index is 11.2.